The summed E-state index contributed by atoms with van der Waals surface area (Å²) in [6, 6.07) is 12.3. The fourth-order valence-electron chi connectivity index (χ4n) is 4.36. The maximum Gasteiger partial charge on any atom is 0.419 e. The molecule has 4 aromatic rings. The van der Waals surface area contributed by atoms with Crippen LogP contribution in [0.4, 0.5) is 30.7 Å². The van der Waals surface area contributed by atoms with Gasteiger partial charge in [0.2, 0.25) is 0 Å². The first-order valence-electron chi connectivity index (χ1n) is 12.3. The summed E-state index contributed by atoms with van der Waals surface area (Å²) in [6.07, 6.45) is -1.82. The predicted octanol–water partition coefficient (Wildman–Crippen LogP) is 9.44. The summed E-state index contributed by atoms with van der Waals surface area (Å²) in [5.41, 5.74) is -0.781. The fraction of sp³-hybridized carbons (Fsp3) is 0.267. The third kappa shape index (κ3) is 6.11. The summed E-state index contributed by atoms with van der Waals surface area (Å²) >= 11 is 0. The van der Waals surface area contributed by atoms with E-state index >= 15 is 4.39 Å². The van der Waals surface area contributed by atoms with E-state index in [1.54, 1.807) is 6.07 Å². The van der Waals surface area contributed by atoms with Crippen LogP contribution >= 0.6 is 0 Å². The zero-order valence-electron chi connectivity index (χ0n) is 20.6. The summed E-state index contributed by atoms with van der Waals surface area (Å²) in [5, 5.41) is 0.643. The average molecular weight is 535 g/mol. The van der Waals surface area contributed by atoms with Crippen LogP contribution in [-0.4, -0.2) is 6.61 Å². The molecule has 0 saturated carbocycles. The lowest BCUT2D eigenvalue weighted by Gasteiger charge is -2.12. The highest BCUT2D eigenvalue weighted by atomic mass is 19.4. The van der Waals surface area contributed by atoms with E-state index in [1.165, 1.54) is 30.3 Å². The van der Waals surface area contributed by atoms with E-state index in [1.807, 2.05) is 6.92 Å². The Bertz CT molecular complexity index is 1420. The van der Waals surface area contributed by atoms with Gasteiger partial charge >= 0.3 is 6.18 Å². The van der Waals surface area contributed by atoms with Crippen LogP contribution in [0.2, 0.25) is 0 Å². The smallest absolute Gasteiger partial charge is 0.419 e. The van der Waals surface area contributed by atoms with Gasteiger partial charge in [0.1, 0.15) is 29.0 Å². The van der Waals surface area contributed by atoms with Gasteiger partial charge < -0.3 is 4.74 Å². The van der Waals surface area contributed by atoms with Crippen LogP contribution in [-0.2, 0) is 19.0 Å². The number of hydrogen-bond donors (Lipinski definition) is 0. The van der Waals surface area contributed by atoms with Crippen molar-refractivity contribution in [3.05, 3.63) is 101 Å². The maximum atomic E-state index is 15.2. The monoisotopic (exact) mass is 534 g/mol. The van der Waals surface area contributed by atoms with Crippen molar-refractivity contribution in [1.29, 1.82) is 0 Å². The molecular formula is C30H25F7O. The first-order valence-corrected chi connectivity index (χ1v) is 12.3. The number of rotatable bonds is 9. The zero-order valence-corrected chi connectivity index (χ0v) is 20.6. The standard InChI is InChI=1S/C30H25F7O/c1-2-3-4-13-38-22-16-26(32)28(27(33)17-22)21-10-11-23-20(15-21)9-8-19(29(23)34)7-5-18-6-12-24(25(31)14-18)30(35,36)37/h6,8-12,14-17H,2-5,7,13H2,1H3. The molecule has 0 spiro atoms. The number of aryl methyl sites for hydroxylation is 2. The van der Waals surface area contributed by atoms with Gasteiger partial charge in [0.25, 0.3) is 0 Å². The molecule has 200 valence electrons. The van der Waals surface area contributed by atoms with Crippen LogP contribution in [0.3, 0.4) is 0 Å². The lowest BCUT2D eigenvalue weighted by Crippen LogP contribution is -2.08. The Morgan fingerprint density at radius 3 is 2.13 bits per heavy atom. The molecule has 4 rings (SSSR count). The summed E-state index contributed by atoms with van der Waals surface area (Å²) in [6.45, 7) is 2.40. The van der Waals surface area contributed by atoms with Crippen LogP contribution in [0.5, 0.6) is 5.75 Å². The van der Waals surface area contributed by atoms with E-state index in [0.29, 0.717) is 23.6 Å². The number of benzene rings is 4. The largest absolute Gasteiger partial charge is 0.493 e. The van der Waals surface area contributed by atoms with Crippen molar-refractivity contribution < 1.29 is 35.5 Å². The number of alkyl halides is 3. The van der Waals surface area contributed by atoms with Gasteiger partial charge in [-0.1, -0.05) is 50.1 Å². The molecule has 0 fully saturated rings. The summed E-state index contributed by atoms with van der Waals surface area (Å²) in [5.74, 6) is -3.43. The van der Waals surface area contributed by atoms with E-state index in [0.717, 1.165) is 37.5 Å². The van der Waals surface area contributed by atoms with E-state index in [9.17, 15) is 26.3 Å². The first-order chi connectivity index (χ1) is 18.1. The fourth-order valence-corrected chi connectivity index (χ4v) is 4.36. The van der Waals surface area contributed by atoms with Crippen molar-refractivity contribution in [2.24, 2.45) is 0 Å². The predicted molar refractivity (Wildman–Crippen MR) is 133 cm³/mol. The van der Waals surface area contributed by atoms with Gasteiger partial charge in [-0.15, -0.1) is 0 Å². The van der Waals surface area contributed by atoms with Crippen LogP contribution in [0.15, 0.2) is 60.7 Å². The van der Waals surface area contributed by atoms with Crippen molar-refractivity contribution in [1.82, 2.24) is 0 Å². The lowest BCUT2D eigenvalue weighted by atomic mass is 9.96. The van der Waals surface area contributed by atoms with Crippen molar-refractivity contribution in [2.45, 2.75) is 45.2 Å². The Morgan fingerprint density at radius 1 is 0.737 bits per heavy atom. The van der Waals surface area contributed by atoms with Gasteiger partial charge in [0.05, 0.1) is 17.7 Å². The Labute approximate surface area is 215 Å². The molecule has 38 heavy (non-hydrogen) atoms. The second-order valence-electron chi connectivity index (χ2n) is 9.10. The average Bonchev–Trinajstić information content (AvgIpc) is 2.85. The maximum absolute atomic E-state index is 15.2. The molecule has 0 aromatic heterocycles. The second kappa shape index (κ2) is 11.5. The van der Waals surface area contributed by atoms with E-state index < -0.39 is 35.0 Å². The first kappa shape index (κ1) is 27.5. The topological polar surface area (TPSA) is 9.23 Å². The highest BCUT2D eigenvalue weighted by Crippen LogP contribution is 2.34. The Kier molecular flexibility index (Phi) is 8.29. The van der Waals surface area contributed by atoms with Crippen LogP contribution in [0.25, 0.3) is 21.9 Å². The van der Waals surface area contributed by atoms with Gasteiger partial charge in [0.15, 0.2) is 0 Å². The number of ether oxygens (including phenoxy) is 1. The molecule has 0 aliphatic rings. The van der Waals surface area contributed by atoms with Crippen LogP contribution in [0.1, 0.15) is 42.9 Å². The minimum absolute atomic E-state index is 0.101. The molecule has 0 atom stereocenters. The molecular weight excluding hydrogens is 509 g/mol. The zero-order chi connectivity index (χ0) is 27.4. The van der Waals surface area contributed by atoms with Gasteiger partial charge in [-0.05, 0) is 59.5 Å². The molecule has 0 radical (unpaired) electrons. The van der Waals surface area contributed by atoms with E-state index in [-0.39, 0.29) is 40.7 Å². The minimum Gasteiger partial charge on any atom is -0.493 e. The van der Waals surface area contributed by atoms with Crippen LogP contribution in [0, 0.1) is 23.3 Å². The molecule has 0 N–H and O–H groups in total. The van der Waals surface area contributed by atoms with E-state index in [2.05, 4.69) is 0 Å². The third-order valence-corrected chi connectivity index (χ3v) is 6.38. The second-order valence-corrected chi connectivity index (χ2v) is 9.10. The molecule has 0 saturated heterocycles. The quantitative estimate of drug-likeness (QED) is 0.154. The van der Waals surface area contributed by atoms with Gasteiger partial charge in [0, 0.05) is 17.5 Å². The minimum atomic E-state index is -4.79. The van der Waals surface area contributed by atoms with Crippen molar-refractivity contribution in [3.8, 4) is 16.9 Å². The van der Waals surface area contributed by atoms with Gasteiger partial charge in [-0.3, -0.25) is 0 Å². The Morgan fingerprint density at radius 2 is 1.47 bits per heavy atom. The highest BCUT2D eigenvalue weighted by molar-refractivity contribution is 5.88. The molecule has 0 bridgehead atoms. The summed E-state index contributed by atoms with van der Waals surface area (Å²) < 4.78 is 102. The number of halogens is 7. The SMILES string of the molecule is CCCCCOc1cc(F)c(-c2ccc3c(F)c(CCc4ccc(C(F)(F)F)c(F)c4)ccc3c2)c(F)c1. The normalized spacial score (nSPS) is 11.8. The molecule has 0 aliphatic heterocycles. The molecule has 0 unspecified atom stereocenters. The van der Waals surface area contributed by atoms with Gasteiger partial charge in [-0.2, -0.15) is 13.2 Å². The third-order valence-electron chi connectivity index (χ3n) is 6.38. The van der Waals surface area contributed by atoms with Crippen molar-refractivity contribution in [3.63, 3.8) is 0 Å². The molecule has 4 aromatic carbocycles. The molecule has 0 aliphatic carbocycles. The summed E-state index contributed by atoms with van der Waals surface area (Å²) in [4.78, 5) is 0. The molecule has 0 amide bonds. The molecule has 0 heterocycles. The number of unbranched alkanes of at least 4 members (excludes halogenated alkanes) is 2. The van der Waals surface area contributed by atoms with E-state index in [4.69, 9.17) is 4.74 Å². The molecule has 8 heteroatoms. The van der Waals surface area contributed by atoms with Gasteiger partial charge in [-0.25, -0.2) is 17.6 Å². The van der Waals surface area contributed by atoms with Crippen molar-refractivity contribution >= 4 is 10.8 Å². The van der Waals surface area contributed by atoms with Crippen molar-refractivity contribution in [2.75, 3.05) is 6.61 Å². The summed E-state index contributed by atoms with van der Waals surface area (Å²) in [7, 11) is 0. The number of hydrogen-bond acceptors (Lipinski definition) is 1. The van der Waals surface area contributed by atoms with Crippen LogP contribution < -0.4 is 4.74 Å². The Balaban J connectivity index is 1.53. The highest BCUT2D eigenvalue weighted by Gasteiger charge is 2.33. The Hall–Kier alpha value is -3.55. The number of fused-ring (bicyclic) bond motifs is 1. The lowest BCUT2D eigenvalue weighted by molar-refractivity contribution is -0.140. The molecule has 1 nitrogen and oxygen atoms in total.